The van der Waals surface area contributed by atoms with E-state index in [1.807, 2.05) is 0 Å². The highest BCUT2D eigenvalue weighted by Crippen LogP contribution is 2.07. The molecule has 1 fully saturated rings. The second-order valence-electron chi connectivity index (χ2n) is 5.27. The third-order valence-electron chi connectivity index (χ3n) is 2.44. The average molecular weight is 215 g/mol. The van der Waals surface area contributed by atoms with Crippen LogP contribution in [0.1, 0.15) is 40.0 Å². The Morgan fingerprint density at radius 3 is 2.47 bits per heavy atom. The minimum absolute atomic E-state index is 0.250. The van der Waals surface area contributed by atoms with Crippen LogP contribution in [-0.4, -0.2) is 38.0 Å². The van der Waals surface area contributed by atoms with Crippen LogP contribution in [0, 0.1) is 0 Å². The number of ether oxygens (including phenoxy) is 2. The predicted octanol–water partition coefficient (Wildman–Crippen LogP) is 1.96. The van der Waals surface area contributed by atoms with Gasteiger partial charge in [0.2, 0.25) is 0 Å². The summed E-state index contributed by atoms with van der Waals surface area (Å²) in [6.07, 6.45) is 4.04. The maximum absolute atomic E-state index is 5.58. The summed E-state index contributed by atoms with van der Waals surface area (Å²) in [4.78, 5) is 0. The zero-order chi connectivity index (χ0) is 11.1. The molecule has 1 aliphatic heterocycles. The van der Waals surface area contributed by atoms with Crippen LogP contribution in [0.25, 0.3) is 0 Å². The van der Waals surface area contributed by atoms with E-state index in [1.54, 1.807) is 0 Å². The molecule has 0 bridgehead atoms. The molecule has 15 heavy (non-hydrogen) atoms. The first-order valence-corrected chi connectivity index (χ1v) is 6.02. The van der Waals surface area contributed by atoms with Crippen molar-refractivity contribution in [2.45, 2.75) is 51.7 Å². The molecule has 0 saturated carbocycles. The lowest BCUT2D eigenvalue weighted by Crippen LogP contribution is -2.36. The smallest absolute Gasteiger partial charge is 0.104 e. The fraction of sp³-hybridized carbons (Fsp3) is 1.00. The van der Waals surface area contributed by atoms with Gasteiger partial charge in [-0.3, -0.25) is 0 Å². The highest BCUT2D eigenvalue weighted by molar-refractivity contribution is 4.69. The molecular weight excluding hydrogens is 190 g/mol. The molecule has 0 unspecified atom stereocenters. The van der Waals surface area contributed by atoms with Crippen molar-refractivity contribution in [2.24, 2.45) is 0 Å². The van der Waals surface area contributed by atoms with E-state index in [9.17, 15) is 0 Å². The molecule has 0 amide bonds. The minimum atomic E-state index is 0.250. The van der Waals surface area contributed by atoms with Crippen LogP contribution in [0.2, 0.25) is 0 Å². The summed E-state index contributed by atoms with van der Waals surface area (Å²) in [5, 5.41) is 3.48. The van der Waals surface area contributed by atoms with E-state index in [0.29, 0.717) is 6.10 Å². The molecular formula is C12H25NO2. The van der Waals surface area contributed by atoms with Gasteiger partial charge in [0.05, 0.1) is 13.2 Å². The first-order chi connectivity index (χ1) is 7.08. The summed E-state index contributed by atoms with van der Waals surface area (Å²) >= 11 is 0. The molecule has 0 spiro atoms. The second-order valence-corrected chi connectivity index (χ2v) is 5.27. The molecule has 1 saturated heterocycles. The summed E-state index contributed by atoms with van der Waals surface area (Å²) in [6.45, 7) is 10.2. The Labute approximate surface area is 93.5 Å². The molecule has 1 aliphatic rings. The van der Waals surface area contributed by atoms with Crippen molar-refractivity contribution in [1.29, 1.82) is 0 Å². The Morgan fingerprint density at radius 2 is 1.93 bits per heavy atom. The van der Waals surface area contributed by atoms with Gasteiger partial charge < -0.3 is 14.8 Å². The van der Waals surface area contributed by atoms with Gasteiger partial charge in [0.15, 0.2) is 0 Å². The van der Waals surface area contributed by atoms with Gasteiger partial charge in [0.25, 0.3) is 0 Å². The van der Waals surface area contributed by atoms with E-state index in [2.05, 4.69) is 26.1 Å². The van der Waals surface area contributed by atoms with Crippen molar-refractivity contribution in [2.75, 3.05) is 26.4 Å². The zero-order valence-corrected chi connectivity index (χ0v) is 10.3. The van der Waals surface area contributed by atoms with Gasteiger partial charge in [-0.2, -0.15) is 0 Å². The maximum Gasteiger partial charge on any atom is 0.104 e. The van der Waals surface area contributed by atoms with Crippen LogP contribution in [0.5, 0.6) is 0 Å². The summed E-state index contributed by atoms with van der Waals surface area (Å²) < 4.78 is 10.6. The zero-order valence-electron chi connectivity index (χ0n) is 10.3. The van der Waals surface area contributed by atoms with Crippen LogP contribution in [0.4, 0.5) is 0 Å². The molecule has 1 heterocycles. The molecule has 0 atom stereocenters. The second kappa shape index (κ2) is 6.46. The van der Waals surface area contributed by atoms with Crippen molar-refractivity contribution < 1.29 is 9.47 Å². The van der Waals surface area contributed by atoms with E-state index >= 15 is 0 Å². The number of unbranched alkanes of at least 4 members (excludes halogenated alkanes) is 2. The van der Waals surface area contributed by atoms with E-state index in [4.69, 9.17) is 9.47 Å². The lowest BCUT2D eigenvalue weighted by atomic mass is 10.1. The maximum atomic E-state index is 5.58. The first kappa shape index (κ1) is 12.9. The van der Waals surface area contributed by atoms with Crippen molar-refractivity contribution in [1.82, 2.24) is 5.32 Å². The summed E-state index contributed by atoms with van der Waals surface area (Å²) in [7, 11) is 0. The Kier molecular flexibility index (Phi) is 5.58. The van der Waals surface area contributed by atoms with Crippen LogP contribution in [0.3, 0.4) is 0 Å². The molecule has 3 heteroatoms. The third kappa shape index (κ3) is 6.88. The largest absolute Gasteiger partial charge is 0.376 e. The standard InChI is InChI=1S/C12H25NO2/c1-12(2,3)13-7-5-4-6-8-15-11-9-14-10-11/h11,13H,4-10H2,1-3H3. The molecule has 0 aliphatic carbocycles. The van der Waals surface area contributed by atoms with Crippen LogP contribution >= 0.6 is 0 Å². The molecule has 1 rings (SSSR count). The van der Waals surface area contributed by atoms with Crippen molar-refractivity contribution in [3.63, 3.8) is 0 Å². The Hall–Kier alpha value is -0.120. The number of nitrogens with one attached hydrogen (secondary N) is 1. The van der Waals surface area contributed by atoms with Gasteiger partial charge in [-0.15, -0.1) is 0 Å². The highest BCUT2D eigenvalue weighted by atomic mass is 16.6. The van der Waals surface area contributed by atoms with Crippen molar-refractivity contribution in [3.05, 3.63) is 0 Å². The normalized spacial score (nSPS) is 17.8. The van der Waals surface area contributed by atoms with Gasteiger partial charge in [0.1, 0.15) is 6.10 Å². The summed E-state index contributed by atoms with van der Waals surface area (Å²) in [5.41, 5.74) is 0.250. The van der Waals surface area contributed by atoms with Gasteiger partial charge in [0, 0.05) is 12.1 Å². The monoisotopic (exact) mass is 215 g/mol. The Bertz CT molecular complexity index is 161. The van der Waals surface area contributed by atoms with E-state index < -0.39 is 0 Å². The minimum Gasteiger partial charge on any atom is -0.376 e. The van der Waals surface area contributed by atoms with Crippen molar-refractivity contribution in [3.8, 4) is 0 Å². The van der Waals surface area contributed by atoms with Gasteiger partial charge >= 0.3 is 0 Å². The molecule has 90 valence electrons. The fourth-order valence-electron chi connectivity index (χ4n) is 1.43. The first-order valence-electron chi connectivity index (χ1n) is 6.02. The van der Waals surface area contributed by atoms with E-state index in [0.717, 1.165) is 26.4 Å². The molecule has 0 aromatic heterocycles. The molecule has 0 aromatic rings. The third-order valence-corrected chi connectivity index (χ3v) is 2.44. The summed E-state index contributed by atoms with van der Waals surface area (Å²) in [6, 6.07) is 0. The van der Waals surface area contributed by atoms with Crippen molar-refractivity contribution >= 4 is 0 Å². The van der Waals surface area contributed by atoms with E-state index in [-0.39, 0.29) is 5.54 Å². The molecule has 1 N–H and O–H groups in total. The number of hydrogen-bond acceptors (Lipinski definition) is 3. The Morgan fingerprint density at radius 1 is 1.20 bits per heavy atom. The Balaban J connectivity index is 1.76. The lowest BCUT2D eigenvalue weighted by molar-refractivity contribution is -0.129. The molecule has 0 aromatic carbocycles. The molecule has 0 radical (unpaired) electrons. The summed E-state index contributed by atoms with van der Waals surface area (Å²) in [5.74, 6) is 0. The van der Waals surface area contributed by atoms with Gasteiger partial charge in [-0.05, 0) is 46.6 Å². The quantitative estimate of drug-likeness (QED) is 0.659. The SMILES string of the molecule is CC(C)(C)NCCCCCOC1COC1. The van der Waals surface area contributed by atoms with Gasteiger partial charge in [-0.25, -0.2) is 0 Å². The molecule has 3 nitrogen and oxygen atoms in total. The predicted molar refractivity (Wildman–Crippen MR) is 62.2 cm³/mol. The number of hydrogen-bond donors (Lipinski definition) is 1. The van der Waals surface area contributed by atoms with Gasteiger partial charge in [-0.1, -0.05) is 0 Å². The van der Waals surface area contributed by atoms with Crippen LogP contribution in [-0.2, 0) is 9.47 Å². The highest BCUT2D eigenvalue weighted by Gasteiger charge is 2.17. The van der Waals surface area contributed by atoms with E-state index in [1.165, 1.54) is 19.3 Å². The van der Waals surface area contributed by atoms with Crippen LogP contribution < -0.4 is 5.32 Å². The lowest BCUT2D eigenvalue weighted by Gasteiger charge is -2.26. The number of rotatable bonds is 7. The topological polar surface area (TPSA) is 30.5 Å². The van der Waals surface area contributed by atoms with Crippen LogP contribution in [0.15, 0.2) is 0 Å². The average Bonchev–Trinajstić information content (AvgIpc) is 2.04. The fourth-order valence-corrected chi connectivity index (χ4v) is 1.43.